The average molecular weight is 230 g/mol. The van der Waals surface area contributed by atoms with Crippen molar-refractivity contribution in [1.29, 1.82) is 5.26 Å². The van der Waals surface area contributed by atoms with E-state index < -0.39 is 5.91 Å². The number of carbonyl (C=O) groups excluding carboxylic acids is 1. The van der Waals surface area contributed by atoms with Gasteiger partial charge in [-0.1, -0.05) is 23.2 Å². The number of pyridine rings is 1. The number of nitrogens with one attached hydrogen (secondary N) is 1. The van der Waals surface area contributed by atoms with Crippen LogP contribution in [-0.2, 0) is 0 Å². The second kappa shape index (κ2) is 4.80. The molecule has 1 rings (SSSR count). The van der Waals surface area contributed by atoms with Crippen molar-refractivity contribution in [3.63, 3.8) is 0 Å². The van der Waals surface area contributed by atoms with Crippen molar-refractivity contribution in [2.24, 2.45) is 0 Å². The van der Waals surface area contributed by atoms with Crippen LogP contribution < -0.4 is 5.32 Å². The highest BCUT2D eigenvalue weighted by Gasteiger charge is 2.07. The van der Waals surface area contributed by atoms with Crippen LogP contribution in [0.1, 0.15) is 10.4 Å². The van der Waals surface area contributed by atoms with Crippen molar-refractivity contribution in [2.75, 3.05) is 6.54 Å². The molecule has 1 heterocycles. The van der Waals surface area contributed by atoms with E-state index in [-0.39, 0.29) is 22.4 Å². The Morgan fingerprint density at radius 3 is 2.57 bits per heavy atom. The minimum Gasteiger partial charge on any atom is -0.339 e. The van der Waals surface area contributed by atoms with Crippen LogP contribution >= 0.6 is 23.2 Å². The predicted octanol–water partition coefficient (Wildman–Crippen LogP) is 1.64. The summed E-state index contributed by atoms with van der Waals surface area (Å²) in [6.45, 7) is -0.0591. The van der Waals surface area contributed by atoms with Gasteiger partial charge in [0.2, 0.25) is 0 Å². The van der Waals surface area contributed by atoms with Crippen molar-refractivity contribution in [3.8, 4) is 6.07 Å². The maximum Gasteiger partial charge on any atom is 0.252 e. The Hall–Kier alpha value is -1.31. The zero-order chi connectivity index (χ0) is 10.6. The van der Waals surface area contributed by atoms with Crippen LogP contribution in [0.2, 0.25) is 10.3 Å². The van der Waals surface area contributed by atoms with E-state index in [0.29, 0.717) is 0 Å². The van der Waals surface area contributed by atoms with E-state index >= 15 is 0 Å². The van der Waals surface area contributed by atoms with E-state index in [4.69, 9.17) is 28.5 Å². The summed E-state index contributed by atoms with van der Waals surface area (Å²) in [4.78, 5) is 15.0. The van der Waals surface area contributed by atoms with Gasteiger partial charge in [0.25, 0.3) is 5.91 Å². The van der Waals surface area contributed by atoms with E-state index in [1.165, 1.54) is 12.1 Å². The van der Waals surface area contributed by atoms with Gasteiger partial charge in [0.1, 0.15) is 16.9 Å². The zero-order valence-electron chi connectivity index (χ0n) is 6.92. The molecule has 0 atom stereocenters. The predicted molar refractivity (Wildman–Crippen MR) is 52.2 cm³/mol. The van der Waals surface area contributed by atoms with Crippen LogP contribution in [0, 0.1) is 11.3 Å². The molecule has 0 saturated carbocycles. The minimum atomic E-state index is -0.405. The highest BCUT2D eigenvalue weighted by atomic mass is 35.5. The summed E-state index contributed by atoms with van der Waals surface area (Å²) in [6.07, 6.45) is 0. The molecule has 1 aromatic rings. The van der Waals surface area contributed by atoms with Crippen LogP contribution in [0.15, 0.2) is 12.1 Å². The van der Waals surface area contributed by atoms with Crippen LogP contribution in [0.3, 0.4) is 0 Å². The molecule has 0 spiro atoms. The molecule has 0 saturated heterocycles. The van der Waals surface area contributed by atoms with E-state index in [0.717, 1.165) is 0 Å². The highest BCUT2D eigenvalue weighted by Crippen LogP contribution is 2.14. The maximum atomic E-state index is 11.3. The van der Waals surface area contributed by atoms with Crippen LogP contribution in [0.25, 0.3) is 0 Å². The third-order valence-electron chi connectivity index (χ3n) is 1.35. The number of hydrogen-bond donors (Lipinski definition) is 1. The molecule has 1 amide bonds. The second-order valence-corrected chi connectivity index (χ2v) is 3.12. The normalized spacial score (nSPS) is 9.21. The quantitative estimate of drug-likeness (QED) is 0.620. The molecule has 1 N–H and O–H groups in total. The first-order valence-corrected chi connectivity index (χ1v) is 4.37. The first kappa shape index (κ1) is 10.8. The molecule has 14 heavy (non-hydrogen) atoms. The molecule has 72 valence electrons. The van der Waals surface area contributed by atoms with E-state index in [1.54, 1.807) is 6.07 Å². The molecule has 0 unspecified atom stereocenters. The monoisotopic (exact) mass is 229 g/mol. The highest BCUT2D eigenvalue weighted by molar-refractivity contribution is 6.33. The summed E-state index contributed by atoms with van der Waals surface area (Å²) in [6, 6.07) is 4.53. The van der Waals surface area contributed by atoms with Gasteiger partial charge < -0.3 is 5.32 Å². The van der Waals surface area contributed by atoms with E-state index in [1.807, 2.05) is 0 Å². The van der Waals surface area contributed by atoms with Gasteiger partial charge in [0, 0.05) is 5.56 Å². The van der Waals surface area contributed by atoms with Crippen molar-refractivity contribution in [1.82, 2.24) is 10.3 Å². The Labute approximate surface area is 90.5 Å². The molecular formula is C8H5Cl2N3O. The lowest BCUT2D eigenvalue weighted by molar-refractivity contribution is 0.0958. The molecule has 0 aliphatic carbocycles. The van der Waals surface area contributed by atoms with Gasteiger partial charge in [0.15, 0.2) is 0 Å². The SMILES string of the molecule is N#CCNC(=O)c1cc(Cl)nc(Cl)c1. The fourth-order valence-electron chi connectivity index (χ4n) is 0.818. The fraction of sp³-hybridized carbons (Fsp3) is 0.125. The fourth-order valence-corrected chi connectivity index (χ4v) is 1.28. The number of halogens is 2. The Balaban J connectivity index is 2.85. The van der Waals surface area contributed by atoms with Crippen molar-refractivity contribution in [3.05, 3.63) is 28.0 Å². The zero-order valence-corrected chi connectivity index (χ0v) is 8.43. The molecule has 0 radical (unpaired) electrons. The van der Waals surface area contributed by atoms with Crippen molar-refractivity contribution in [2.45, 2.75) is 0 Å². The number of rotatable bonds is 2. The van der Waals surface area contributed by atoms with Crippen LogP contribution in [-0.4, -0.2) is 17.4 Å². The number of nitriles is 1. The molecular weight excluding hydrogens is 225 g/mol. The van der Waals surface area contributed by atoms with E-state index in [9.17, 15) is 4.79 Å². The van der Waals surface area contributed by atoms with Crippen molar-refractivity contribution >= 4 is 29.1 Å². The summed E-state index contributed by atoms with van der Waals surface area (Å²) in [5, 5.41) is 10.9. The molecule has 6 heteroatoms. The molecule has 0 aliphatic heterocycles. The minimum absolute atomic E-state index is 0.0591. The van der Waals surface area contributed by atoms with Gasteiger partial charge in [-0.2, -0.15) is 5.26 Å². The first-order valence-electron chi connectivity index (χ1n) is 3.61. The number of nitrogens with zero attached hydrogens (tertiary/aromatic N) is 2. The Morgan fingerprint density at radius 2 is 2.07 bits per heavy atom. The Kier molecular flexibility index (Phi) is 3.69. The Bertz CT molecular complexity index is 380. The largest absolute Gasteiger partial charge is 0.339 e. The molecule has 0 aliphatic rings. The summed E-state index contributed by atoms with van der Waals surface area (Å²) in [5.41, 5.74) is 0.283. The van der Waals surface area contributed by atoms with Gasteiger partial charge in [0.05, 0.1) is 6.07 Å². The van der Waals surface area contributed by atoms with Gasteiger partial charge in [-0.05, 0) is 12.1 Å². The lowest BCUT2D eigenvalue weighted by Crippen LogP contribution is -2.23. The van der Waals surface area contributed by atoms with Crippen molar-refractivity contribution < 1.29 is 4.79 Å². The lowest BCUT2D eigenvalue weighted by atomic mass is 10.2. The summed E-state index contributed by atoms with van der Waals surface area (Å²) >= 11 is 11.2. The maximum absolute atomic E-state index is 11.3. The number of aromatic nitrogens is 1. The van der Waals surface area contributed by atoms with Gasteiger partial charge in [-0.25, -0.2) is 4.98 Å². The smallest absolute Gasteiger partial charge is 0.252 e. The van der Waals surface area contributed by atoms with Crippen LogP contribution in [0.5, 0.6) is 0 Å². The Morgan fingerprint density at radius 1 is 1.50 bits per heavy atom. The molecule has 1 aromatic heterocycles. The third-order valence-corrected chi connectivity index (χ3v) is 1.74. The number of amides is 1. The topological polar surface area (TPSA) is 65.8 Å². The van der Waals surface area contributed by atoms with Gasteiger partial charge in [-0.3, -0.25) is 4.79 Å². The summed E-state index contributed by atoms with van der Waals surface area (Å²) < 4.78 is 0. The molecule has 0 bridgehead atoms. The molecule has 0 aromatic carbocycles. The third kappa shape index (κ3) is 2.87. The first-order chi connectivity index (χ1) is 6.63. The molecule has 4 nitrogen and oxygen atoms in total. The average Bonchev–Trinajstić information content (AvgIpc) is 2.12. The van der Waals surface area contributed by atoms with E-state index in [2.05, 4.69) is 10.3 Å². The number of hydrogen-bond acceptors (Lipinski definition) is 3. The van der Waals surface area contributed by atoms with Gasteiger partial charge >= 0.3 is 0 Å². The lowest BCUT2D eigenvalue weighted by Gasteiger charge is -2.01. The summed E-state index contributed by atoms with van der Waals surface area (Å²) in [5.74, 6) is -0.405. The van der Waals surface area contributed by atoms with Gasteiger partial charge in [-0.15, -0.1) is 0 Å². The second-order valence-electron chi connectivity index (χ2n) is 2.34. The standard InChI is InChI=1S/C8H5Cl2N3O/c9-6-3-5(4-7(10)13-6)8(14)12-2-1-11/h3-4H,2H2,(H,12,14). The van der Waals surface area contributed by atoms with Crippen LogP contribution in [0.4, 0.5) is 0 Å². The number of carbonyl (C=O) groups is 1. The summed E-state index contributed by atoms with van der Waals surface area (Å²) in [7, 11) is 0. The molecule has 0 fully saturated rings.